The monoisotopic (exact) mass is 324 g/mol. The molecule has 0 aliphatic heterocycles. The lowest BCUT2D eigenvalue weighted by atomic mass is 10.2. The van der Waals surface area contributed by atoms with Crippen molar-refractivity contribution in [1.82, 2.24) is 4.98 Å². The van der Waals surface area contributed by atoms with Crippen molar-refractivity contribution in [3.63, 3.8) is 0 Å². The summed E-state index contributed by atoms with van der Waals surface area (Å²) in [5.74, 6) is -1.21. The van der Waals surface area contributed by atoms with E-state index in [1.807, 2.05) is 6.92 Å². The SMILES string of the molecule is Cc1cc(NC(=O)c2ccc(F)cc2O)ncc1Br. The van der Waals surface area contributed by atoms with E-state index in [1.54, 1.807) is 12.3 Å². The Labute approximate surface area is 117 Å². The molecule has 2 aromatic rings. The number of aryl methyl sites for hydroxylation is 1. The number of phenolic OH excluding ortho intramolecular Hbond substituents is 1. The molecule has 1 amide bonds. The summed E-state index contributed by atoms with van der Waals surface area (Å²) < 4.78 is 13.7. The van der Waals surface area contributed by atoms with Gasteiger partial charge in [0.2, 0.25) is 0 Å². The highest BCUT2D eigenvalue weighted by Crippen LogP contribution is 2.21. The Kier molecular flexibility index (Phi) is 3.80. The molecule has 1 heterocycles. The molecule has 4 nitrogen and oxygen atoms in total. The maximum Gasteiger partial charge on any atom is 0.260 e. The van der Waals surface area contributed by atoms with Crippen molar-refractivity contribution in [2.75, 3.05) is 5.32 Å². The Morgan fingerprint density at radius 3 is 2.79 bits per heavy atom. The first kappa shape index (κ1) is 13.5. The molecule has 0 aliphatic rings. The van der Waals surface area contributed by atoms with Gasteiger partial charge in [0.05, 0.1) is 5.56 Å². The quantitative estimate of drug-likeness (QED) is 0.891. The summed E-state index contributed by atoms with van der Waals surface area (Å²) in [7, 11) is 0. The minimum atomic E-state index is -0.605. The second kappa shape index (κ2) is 5.36. The highest BCUT2D eigenvalue weighted by molar-refractivity contribution is 9.10. The van der Waals surface area contributed by atoms with Gasteiger partial charge in [-0.15, -0.1) is 0 Å². The van der Waals surface area contributed by atoms with Crippen molar-refractivity contribution in [3.8, 4) is 5.75 Å². The summed E-state index contributed by atoms with van der Waals surface area (Å²) in [4.78, 5) is 15.9. The van der Waals surface area contributed by atoms with Gasteiger partial charge in [-0.3, -0.25) is 4.79 Å². The van der Waals surface area contributed by atoms with Gasteiger partial charge in [-0.05, 0) is 46.6 Å². The molecule has 2 N–H and O–H groups in total. The fourth-order valence-corrected chi connectivity index (χ4v) is 1.70. The summed E-state index contributed by atoms with van der Waals surface area (Å²) in [6, 6.07) is 4.89. The maximum absolute atomic E-state index is 12.8. The number of phenols is 1. The summed E-state index contributed by atoms with van der Waals surface area (Å²) in [5.41, 5.74) is 0.900. The van der Waals surface area contributed by atoms with E-state index in [0.29, 0.717) is 5.82 Å². The number of aromatic nitrogens is 1. The van der Waals surface area contributed by atoms with Gasteiger partial charge in [-0.1, -0.05) is 0 Å². The van der Waals surface area contributed by atoms with E-state index in [-0.39, 0.29) is 5.56 Å². The number of nitrogens with zero attached hydrogens (tertiary/aromatic N) is 1. The molecule has 0 atom stereocenters. The van der Waals surface area contributed by atoms with E-state index in [4.69, 9.17) is 0 Å². The van der Waals surface area contributed by atoms with Gasteiger partial charge in [0.15, 0.2) is 0 Å². The predicted molar refractivity (Wildman–Crippen MR) is 72.7 cm³/mol. The minimum Gasteiger partial charge on any atom is -0.507 e. The summed E-state index contributed by atoms with van der Waals surface area (Å²) >= 11 is 3.30. The number of rotatable bonds is 2. The molecular formula is C13H10BrFN2O2. The number of carbonyl (C=O) groups excluding carboxylic acids is 1. The summed E-state index contributed by atoms with van der Waals surface area (Å²) in [5, 5.41) is 12.0. The number of aromatic hydroxyl groups is 1. The molecule has 0 saturated heterocycles. The standard InChI is InChI=1S/C13H10BrFN2O2/c1-7-4-12(16-6-10(7)14)17-13(19)9-3-2-8(15)5-11(9)18/h2-6,18H,1H3,(H,16,17,19). The van der Waals surface area contributed by atoms with E-state index in [2.05, 4.69) is 26.2 Å². The second-order valence-electron chi connectivity index (χ2n) is 3.93. The molecule has 98 valence electrons. The molecule has 0 aliphatic carbocycles. The van der Waals surface area contributed by atoms with E-state index in [1.165, 1.54) is 6.07 Å². The number of hydrogen-bond acceptors (Lipinski definition) is 3. The van der Waals surface area contributed by atoms with Crippen LogP contribution in [0.25, 0.3) is 0 Å². The first-order chi connectivity index (χ1) is 8.97. The van der Waals surface area contributed by atoms with Crippen LogP contribution in [0.2, 0.25) is 0 Å². The molecule has 1 aromatic heterocycles. The van der Waals surface area contributed by atoms with Crippen LogP contribution in [0.1, 0.15) is 15.9 Å². The van der Waals surface area contributed by atoms with Gasteiger partial charge < -0.3 is 10.4 Å². The zero-order valence-electron chi connectivity index (χ0n) is 9.95. The van der Waals surface area contributed by atoms with Crippen LogP contribution in [0.15, 0.2) is 34.9 Å². The molecule has 0 bridgehead atoms. The lowest BCUT2D eigenvalue weighted by Gasteiger charge is -2.07. The van der Waals surface area contributed by atoms with Crippen LogP contribution >= 0.6 is 15.9 Å². The fourth-order valence-electron chi connectivity index (χ4n) is 1.49. The fraction of sp³-hybridized carbons (Fsp3) is 0.0769. The number of carbonyl (C=O) groups is 1. The van der Waals surface area contributed by atoms with Crippen LogP contribution in [-0.2, 0) is 0 Å². The topological polar surface area (TPSA) is 62.2 Å². The van der Waals surface area contributed by atoms with Crippen LogP contribution in [-0.4, -0.2) is 16.0 Å². The normalized spacial score (nSPS) is 10.3. The Morgan fingerprint density at radius 1 is 1.42 bits per heavy atom. The minimum absolute atomic E-state index is 0.0104. The van der Waals surface area contributed by atoms with Crippen LogP contribution in [0, 0.1) is 12.7 Å². The Morgan fingerprint density at radius 2 is 2.16 bits per heavy atom. The van der Waals surface area contributed by atoms with Crippen LogP contribution in [0.5, 0.6) is 5.75 Å². The van der Waals surface area contributed by atoms with E-state index >= 15 is 0 Å². The zero-order chi connectivity index (χ0) is 14.0. The lowest BCUT2D eigenvalue weighted by Crippen LogP contribution is -2.13. The predicted octanol–water partition coefficient (Wildman–Crippen LogP) is 3.25. The van der Waals surface area contributed by atoms with E-state index < -0.39 is 17.5 Å². The Hall–Kier alpha value is -1.95. The number of pyridine rings is 1. The van der Waals surface area contributed by atoms with Gasteiger partial charge in [0.1, 0.15) is 17.4 Å². The van der Waals surface area contributed by atoms with E-state index in [0.717, 1.165) is 22.2 Å². The zero-order valence-corrected chi connectivity index (χ0v) is 11.5. The molecule has 0 unspecified atom stereocenters. The lowest BCUT2D eigenvalue weighted by molar-refractivity contribution is 0.102. The van der Waals surface area contributed by atoms with Crippen molar-refractivity contribution >= 4 is 27.7 Å². The van der Waals surface area contributed by atoms with Gasteiger partial charge in [-0.25, -0.2) is 9.37 Å². The largest absolute Gasteiger partial charge is 0.507 e. The average Bonchev–Trinajstić information content (AvgIpc) is 2.33. The third-order valence-electron chi connectivity index (χ3n) is 2.49. The Balaban J connectivity index is 2.23. The molecule has 6 heteroatoms. The first-order valence-electron chi connectivity index (χ1n) is 5.39. The molecule has 0 radical (unpaired) electrons. The highest BCUT2D eigenvalue weighted by Gasteiger charge is 2.12. The molecule has 2 rings (SSSR count). The highest BCUT2D eigenvalue weighted by atomic mass is 79.9. The number of halogens is 2. The number of benzene rings is 1. The van der Waals surface area contributed by atoms with Crippen molar-refractivity contribution in [2.45, 2.75) is 6.92 Å². The van der Waals surface area contributed by atoms with Crippen molar-refractivity contribution in [1.29, 1.82) is 0 Å². The third-order valence-corrected chi connectivity index (χ3v) is 3.32. The van der Waals surface area contributed by atoms with Crippen molar-refractivity contribution in [2.24, 2.45) is 0 Å². The molecule has 0 fully saturated rings. The van der Waals surface area contributed by atoms with Gasteiger partial charge in [0, 0.05) is 16.7 Å². The molecule has 0 saturated carbocycles. The summed E-state index contributed by atoms with van der Waals surface area (Å²) in [6.07, 6.45) is 1.56. The summed E-state index contributed by atoms with van der Waals surface area (Å²) in [6.45, 7) is 1.86. The average molecular weight is 325 g/mol. The van der Waals surface area contributed by atoms with Crippen molar-refractivity contribution in [3.05, 3.63) is 51.9 Å². The van der Waals surface area contributed by atoms with Gasteiger partial charge in [0.25, 0.3) is 5.91 Å². The third kappa shape index (κ3) is 3.08. The first-order valence-corrected chi connectivity index (χ1v) is 6.18. The molecular weight excluding hydrogens is 315 g/mol. The Bertz CT molecular complexity index is 647. The number of anilines is 1. The molecule has 1 aromatic carbocycles. The second-order valence-corrected chi connectivity index (χ2v) is 4.79. The maximum atomic E-state index is 12.8. The molecule has 19 heavy (non-hydrogen) atoms. The van der Waals surface area contributed by atoms with E-state index in [9.17, 15) is 14.3 Å². The number of hydrogen-bond donors (Lipinski definition) is 2. The smallest absolute Gasteiger partial charge is 0.260 e. The molecule has 0 spiro atoms. The van der Waals surface area contributed by atoms with Gasteiger partial charge >= 0.3 is 0 Å². The number of nitrogens with one attached hydrogen (secondary N) is 1. The van der Waals surface area contributed by atoms with Crippen LogP contribution < -0.4 is 5.32 Å². The van der Waals surface area contributed by atoms with Crippen LogP contribution in [0.4, 0.5) is 10.2 Å². The van der Waals surface area contributed by atoms with Crippen molar-refractivity contribution < 1.29 is 14.3 Å². The number of amides is 1. The van der Waals surface area contributed by atoms with Gasteiger partial charge in [-0.2, -0.15) is 0 Å². The van der Waals surface area contributed by atoms with Crippen LogP contribution in [0.3, 0.4) is 0 Å².